The van der Waals surface area contributed by atoms with Gasteiger partial charge in [0.25, 0.3) is 10.0 Å². The van der Waals surface area contributed by atoms with E-state index in [4.69, 9.17) is 0 Å². The minimum absolute atomic E-state index is 0. The van der Waals surface area contributed by atoms with Gasteiger partial charge in [0, 0.05) is 38.2 Å². The highest BCUT2D eigenvalue weighted by Gasteiger charge is 2.34. The number of nitrogens with zero attached hydrogens (tertiary/aromatic N) is 3. The smallest absolute Gasteiger partial charge is 0.263 e. The maximum absolute atomic E-state index is 14.4. The molecule has 0 radical (unpaired) electrons. The minimum atomic E-state index is -3.76. The van der Waals surface area contributed by atoms with Crippen molar-refractivity contribution in [3.8, 4) is 0 Å². The molecule has 3 heterocycles. The van der Waals surface area contributed by atoms with Gasteiger partial charge in [0.2, 0.25) is 5.91 Å². The maximum Gasteiger partial charge on any atom is 0.263 e. The summed E-state index contributed by atoms with van der Waals surface area (Å²) >= 11 is 1.19. The van der Waals surface area contributed by atoms with Crippen molar-refractivity contribution in [3.63, 3.8) is 0 Å². The summed E-state index contributed by atoms with van der Waals surface area (Å²) in [6.07, 6.45) is 3.78. The lowest BCUT2D eigenvalue weighted by Crippen LogP contribution is -2.28. The van der Waals surface area contributed by atoms with E-state index < -0.39 is 16.1 Å². The molecule has 1 aliphatic rings. The molecule has 0 spiro atoms. The SMILES string of the molecule is O=C1[C@@H](n2ccc3cccc(F)c32)CCN1c1ccc(S(=O)(=O)Nc2nccs2)cc1.[HH].[HH]. The first-order valence-corrected chi connectivity index (χ1v) is 11.9. The molecule has 0 unspecified atom stereocenters. The van der Waals surface area contributed by atoms with E-state index in [0.29, 0.717) is 24.2 Å². The standard InChI is InChI=1S/C21H17FN4O3S2.2H2/c22-17-3-1-2-14-8-11-26(19(14)17)18-9-12-25(20(18)27)15-4-6-16(7-5-15)31(28,29)24-21-23-10-13-30-21;;/h1-8,10-11,13,18H,9,12H2,(H,23,24);2*1H/t18-;;/m0../s1. The zero-order valence-corrected chi connectivity index (χ0v) is 17.7. The number of nitrogens with one attached hydrogen (secondary N) is 1. The van der Waals surface area contributed by atoms with Gasteiger partial charge in [0.15, 0.2) is 5.13 Å². The number of aromatic nitrogens is 2. The molecule has 0 aliphatic carbocycles. The first kappa shape index (κ1) is 19.7. The lowest BCUT2D eigenvalue weighted by molar-refractivity contribution is -0.119. The Hall–Kier alpha value is -3.24. The summed E-state index contributed by atoms with van der Waals surface area (Å²) in [6, 6.07) is 12.2. The fourth-order valence-corrected chi connectivity index (χ4v) is 5.65. The summed E-state index contributed by atoms with van der Waals surface area (Å²) in [7, 11) is -3.76. The van der Waals surface area contributed by atoms with Crippen molar-refractivity contribution >= 4 is 49.0 Å². The van der Waals surface area contributed by atoms with Crippen molar-refractivity contribution in [2.24, 2.45) is 0 Å². The number of benzene rings is 2. The van der Waals surface area contributed by atoms with E-state index in [2.05, 4.69) is 9.71 Å². The average molecular weight is 461 g/mol. The number of para-hydroxylation sites is 1. The zero-order valence-electron chi connectivity index (χ0n) is 16.1. The molecule has 0 saturated carbocycles. The van der Waals surface area contributed by atoms with Gasteiger partial charge in [0.1, 0.15) is 11.9 Å². The number of sulfonamides is 1. The van der Waals surface area contributed by atoms with Crippen molar-refractivity contribution in [3.05, 3.63) is 72.1 Å². The summed E-state index contributed by atoms with van der Waals surface area (Å²) in [5.41, 5.74) is 1.01. The molecule has 1 N–H and O–H groups in total. The summed E-state index contributed by atoms with van der Waals surface area (Å²) in [5, 5.41) is 2.71. The second kappa shape index (κ2) is 7.47. The van der Waals surface area contributed by atoms with Gasteiger partial charge >= 0.3 is 0 Å². The third-order valence-corrected chi connectivity index (χ3v) is 7.49. The van der Waals surface area contributed by atoms with Gasteiger partial charge in [-0.1, -0.05) is 12.1 Å². The summed E-state index contributed by atoms with van der Waals surface area (Å²) in [4.78, 5) is 18.7. The van der Waals surface area contributed by atoms with E-state index in [0.717, 1.165) is 5.39 Å². The molecule has 1 aliphatic heterocycles. The molecular formula is C21H21FN4O3S2. The molecule has 1 atom stereocenters. The molecule has 1 fully saturated rings. The molecule has 4 aromatic rings. The Balaban J connectivity index is 0.00000153. The lowest BCUT2D eigenvalue weighted by Gasteiger charge is -2.18. The van der Waals surface area contributed by atoms with Crippen LogP contribution in [0.5, 0.6) is 0 Å². The van der Waals surface area contributed by atoms with Gasteiger partial charge in [-0.25, -0.2) is 17.8 Å². The van der Waals surface area contributed by atoms with Crippen LogP contribution in [0.15, 0.2) is 71.2 Å². The van der Waals surface area contributed by atoms with Crippen LogP contribution in [-0.2, 0) is 14.8 Å². The monoisotopic (exact) mass is 460 g/mol. The van der Waals surface area contributed by atoms with E-state index in [-0.39, 0.29) is 24.6 Å². The highest BCUT2D eigenvalue weighted by molar-refractivity contribution is 7.93. The first-order valence-electron chi connectivity index (χ1n) is 9.53. The number of carbonyl (C=O) groups excluding carboxylic acids is 1. The summed E-state index contributed by atoms with van der Waals surface area (Å²) in [6.45, 7) is 0.459. The minimum Gasteiger partial charge on any atom is -0.333 e. The molecule has 1 amide bonds. The van der Waals surface area contributed by atoms with Crippen LogP contribution >= 0.6 is 11.3 Å². The lowest BCUT2D eigenvalue weighted by atomic mass is 10.2. The second-order valence-electron chi connectivity index (χ2n) is 7.13. The molecule has 7 nitrogen and oxygen atoms in total. The van der Waals surface area contributed by atoms with Gasteiger partial charge in [-0.2, -0.15) is 0 Å². The Kier molecular flexibility index (Phi) is 4.75. The average Bonchev–Trinajstić information content (AvgIpc) is 3.48. The highest BCUT2D eigenvalue weighted by Crippen LogP contribution is 2.33. The van der Waals surface area contributed by atoms with Crippen molar-refractivity contribution < 1.29 is 20.5 Å². The van der Waals surface area contributed by atoms with Crippen LogP contribution in [0.4, 0.5) is 15.2 Å². The van der Waals surface area contributed by atoms with E-state index >= 15 is 0 Å². The van der Waals surface area contributed by atoms with E-state index in [9.17, 15) is 17.6 Å². The Bertz CT molecular complexity index is 1380. The molecule has 162 valence electrons. The number of thiazole rings is 1. The quantitative estimate of drug-likeness (QED) is 0.475. The predicted molar refractivity (Wildman–Crippen MR) is 121 cm³/mol. The van der Waals surface area contributed by atoms with Crippen molar-refractivity contribution in [2.45, 2.75) is 17.4 Å². The maximum atomic E-state index is 14.4. The zero-order chi connectivity index (χ0) is 21.6. The fraction of sp³-hybridized carbons (Fsp3) is 0.143. The summed E-state index contributed by atoms with van der Waals surface area (Å²) in [5.74, 6) is -0.520. The Labute approximate surface area is 184 Å². The molecule has 2 aromatic heterocycles. The van der Waals surface area contributed by atoms with Crippen LogP contribution in [0.1, 0.15) is 15.3 Å². The van der Waals surface area contributed by atoms with Crippen LogP contribution in [-0.4, -0.2) is 30.4 Å². The van der Waals surface area contributed by atoms with Crippen LogP contribution in [0, 0.1) is 5.82 Å². The fourth-order valence-electron chi connectivity index (χ4n) is 3.87. The molecule has 5 rings (SSSR count). The third-order valence-electron chi connectivity index (χ3n) is 5.32. The molecule has 2 aromatic carbocycles. The summed E-state index contributed by atoms with van der Waals surface area (Å²) < 4.78 is 43.5. The Morgan fingerprint density at radius 3 is 2.71 bits per heavy atom. The number of amides is 1. The van der Waals surface area contributed by atoms with Crippen molar-refractivity contribution in [2.75, 3.05) is 16.2 Å². The Morgan fingerprint density at radius 1 is 1.16 bits per heavy atom. The molecule has 0 bridgehead atoms. The van der Waals surface area contributed by atoms with Gasteiger partial charge < -0.3 is 9.47 Å². The molecule has 31 heavy (non-hydrogen) atoms. The number of anilines is 2. The number of hydrogen-bond donors (Lipinski definition) is 1. The van der Waals surface area contributed by atoms with Crippen LogP contribution in [0.2, 0.25) is 0 Å². The number of fused-ring (bicyclic) bond motifs is 1. The number of hydrogen-bond acceptors (Lipinski definition) is 5. The number of halogens is 1. The number of carbonyl (C=O) groups is 1. The Morgan fingerprint density at radius 2 is 1.97 bits per heavy atom. The van der Waals surface area contributed by atoms with E-state index in [1.165, 1.54) is 35.7 Å². The molecule has 1 saturated heterocycles. The predicted octanol–water partition coefficient (Wildman–Crippen LogP) is 4.51. The van der Waals surface area contributed by atoms with Gasteiger partial charge in [-0.15, -0.1) is 11.3 Å². The van der Waals surface area contributed by atoms with Crippen LogP contribution in [0.25, 0.3) is 10.9 Å². The topological polar surface area (TPSA) is 84.3 Å². The van der Waals surface area contributed by atoms with Crippen molar-refractivity contribution in [1.82, 2.24) is 9.55 Å². The normalized spacial score (nSPS) is 16.9. The first-order chi connectivity index (χ1) is 14.9. The van der Waals surface area contributed by atoms with Crippen LogP contribution in [0.3, 0.4) is 0 Å². The van der Waals surface area contributed by atoms with Gasteiger partial charge in [-0.05, 0) is 42.8 Å². The molecular weight excluding hydrogens is 439 g/mol. The second-order valence-corrected chi connectivity index (χ2v) is 9.71. The molecule has 10 heteroatoms. The number of rotatable bonds is 5. The van der Waals surface area contributed by atoms with Crippen LogP contribution < -0.4 is 9.62 Å². The van der Waals surface area contributed by atoms with Gasteiger partial charge in [0.05, 0.1) is 10.4 Å². The van der Waals surface area contributed by atoms with E-state index in [1.54, 1.807) is 45.3 Å². The van der Waals surface area contributed by atoms with E-state index in [1.807, 2.05) is 6.07 Å². The van der Waals surface area contributed by atoms with Gasteiger partial charge in [-0.3, -0.25) is 9.52 Å². The third kappa shape index (κ3) is 3.47. The van der Waals surface area contributed by atoms with Crippen molar-refractivity contribution in [1.29, 1.82) is 0 Å². The highest BCUT2D eigenvalue weighted by atomic mass is 32.2. The largest absolute Gasteiger partial charge is 0.333 e.